The lowest BCUT2D eigenvalue weighted by Crippen LogP contribution is -2.54. The average molecular weight is 989 g/mol. The Kier molecular flexibility index (Phi) is 25.3. The van der Waals surface area contributed by atoms with Gasteiger partial charge in [-0.2, -0.15) is 0 Å². The number of ether oxygens (including phenoxy) is 3. The van der Waals surface area contributed by atoms with E-state index >= 15 is 0 Å². The number of nitrogens with two attached hydrogens (primary N) is 5. The summed E-state index contributed by atoms with van der Waals surface area (Å²) in [6.45, 7) is -1.97. The molecule has 384 valence electrons. The molecule has 6 amide bonds. The quantitative estimate of drug-likeness (QED) is 0.0204. The fourth-order valence-corrected chi connectivity index (χ4v) is 6.39. The molecule has 3 rings (SSSR count). The van der Waals surface area contributed by atoms with E-state index in [0.29, 0.717) is 23.1 Å². The minimum Gasteiger partial charge on any atom is -0.480 e. The average Bonchev–Trinajstić information content (AvgIpc) is 3.35. The van der Waals surface area contributed by atoms with Crippen molar-refractivity contribution >= 4 is 59.8 Å². The van der Waals surface area contributed by atoms with Gasteiger partial charge in [-0.1, -0.05) is 91.0 Å². The van der Waals surface area contributed by atoms with E-state index in [2.05, 4.69) is 31.3 Å². The third-order valence-corrected chi connectivity index (χ3v) is 10.0. The SMILES string of the molecule is N=C(NC(=O)OCc1ccccc1)N(CCC[C@H](NC(=O)OCc1ccccc1)C(=O)N(CCNC(=O)[C@@H](N)CCCN=C(N)N)CC(=O)N[C@@H](CCCN=C(N)N)C(=O)O)C(=O)OCc1ccccc1. The largest absolute Gasteiger partial charge is 0.480 e. The molecule has 0 fully saturated rings. The third kappa shape index (κ3) is 23.4. The fraction of sp³-hybridized carbons (Fsp3) is 0.391. The maximum absolute atomic E-state index is 14.6. The molecule has 0 saturated heterocycles. The van der Waals surface area contributed by atoms with Crippen LogP contribution < -0.4 is 49.9 Å². The Morgan fingerprint density at radius 2 is 1.13 bits per heavy atom. The molecule has 16 N–H and O–H groups in total. The molecule has 0 aliphatic heterocycles. The number of carboxylic acid groups (broad SMARTS) is 1. The number of hydrogen-bond acceptors (Lipinski definition) is 14. The summed E-state index contributed by atoms with van der Waals surface area (Å²) in [5.74, 6) is -4.83. The van der Waals surface area contributed by atoms with Crippen LogP contribution in [0.2, 0.25) is 0 Å². The summed E-state index contributed by atoms with van der Waals surface area (Å²) < 4.78 is 16.1. The van der Waals surface area contributed by atoms with Gasteiger partial charge in [0.1, 0.15) is 31.9 Å². The predicted octanol–water partition coefficient (Wildman–Crippen LogP) is 0.510. The molecular formula is C46H64N14O11. The van der Waals surface area contributed by atoms with Crippen LogP contribution in [0.25, 0.3) is 0 Å². The summed E-state index contributed by atoms with van der Waals surface area (Å²) in [4.78, 5) is 102. The van der Waals surface area contributed by atoms with Crippen molar-refractivity contribution in [3.05, 3.63) is 108 Å². The van der Waals surface area contributed by atoms with E-state index in [1.165, 1.54) is 0 Å². The number of carbonyl (C=O) groups is 7. The van der Waals surface area contributed by atoms with Crippen LogP contribution in [0.3, 0.4) is 0 Å². The lowest BCUT2D eigenvalue weighted by Gasteiger charge is -2.29. The van der Waals surface area contributed by atoms with Crippen molar-refractivity contribution in [3.8, 4) is 0 Å². The van der Waals surface area contributed by atoms with Gasteiger partial charge in [0.05, 0.1) is 12.6 Å². The van der Waals surface area contributed by atoms with Crippen LogP contribution in [0.4, 0.5) is 14.4 Å². The molecule has 3 atom stereocenters. The second-order valence-electron chi connectivity index (χ2n) is 15.6. The van der Waals surface area contributed by atoms with Crippen LogP contribution in [0.15, 0.2) is 101 Å². The summed E-state index contributed by atoms with van der Waals surface area (Å²) in [7, 11) is 0. The van der Waals surface area contributed by atoms with Crippen molar-refractivity contribution in [1.82, 2.24) is 31.1 Å². The van der Waals surface area contributed by atoms with Gasteiger partial charge in [0.2, 0.25) is 23.7 Å². The zero-order valence-corrected chi connectivity index (χ0v) is 39.2. The van der Waals surface area contributed by atoms with Crippen molar-refractivity contribution in [2.45, 2.75) is 76.5 Å². The first kappa shape index (κ1) is 56.8. The first-order valence-electron chi connectivity index (χ1n) is 22.5. The third-order valence-electron chi connectivity index (χ3n) is 10.0. The number of aliphatic carboxylic acids is 1. The van der Waals surface area contributed by atoms with Crippen molar-refractivity contribution in [3.63, 3.8) is 0 Å². The van der Waals surface area contributed by atoms with Crippen LogP contribution in [0, 0.1) is 5.41 Å². The smallest absolute Gasteiger partial charge is 0.416 e. The molecule has 3 aromatic rings. The highest BCUT2D eigenvalue weighted by Crippen LogP contribution is 2.11. The van der Waals surface area contributed by atoms with Crippen LogP contribution >= 0.6 is 0 Å². The van der Waals surface area contributed by atoms with E-state index in [4.69, 9.17) is 48.3 Å². The Morgan fingerprint density at radius 1 is 0.634 bits per heavy atom. The number of carboxylic acids is 1. The van der Waals surface area contributed by atoms with Crippen molar-refractivity contribution in [2.75, 3.05) is 39.3 Å². The van der Waals surface area contributed by atoms with Gasteiger partial charge in [0.15, 0.2) is 11.9 Å². The summed E-state index contributed by atoms with van der Waals surface area (Å²) in [6.07, 6.45) is -2.91. The Bertz CT molecular complexity index is 2250. The van der Waals surface area contributed by atoms with Gasteiger partial charge in [-0.15, -0.1) is 0 Å². The van der Waals surface area contributed by atoms with Crippen molar-refractivity contribution in [1.29, 1.82) is 5.41 Å². The molecule has 25 heteroatoms. The molecule has 0 bridgehead atoms. The molecular weight excluding hydrogens is 925 g/mol. The van der Waals surface area contributed by atoms with E-state index in [-0.39, 0.29) is 96.6 Å². The first-order valence-corrected chi connectivity index (χ1v) is 22.5. The van der Waals surface area contributed by atoms with E-state index in [9.17, 15) is 38.7 Å². The number of nitrogens with zero attached hydrogens (tertiary/aromatic N) is 4. The second kappa shape index (κ2) is 31.5. The molecule has 0 aliphatic rings. The maximum atomic E-state index is 14.6. The molecule has 0 saturated carbocycles. The standard InChI is InChI=1S/C46H64N14O11/c47-34(19-10-22-54-41(48)49)38(62)53-24-26-59(27-37(61)56-36(40(64)65)20-11-23-55-42(50)51)39(63)35(57-44(66)69-28-31-13-4-1-5-14-31)21-12-25-60(46(68)71-30-33-17-8-3-9-18-33)43(52)58-45(67)70-29-32-15-6-2-7-16-32/h1-9,13-18,34-36H,10-12,19-30,47H2,(H,53,62)(H,56,61)(H,57,66)(H,64,65)(H4,48,49,54)(H4,50,51,55)(H2,52,58,67)/t34-,35-,36-/m0/s1. The van der Waals surface area contributed by atoms with Gasteiger partial charge in [-0.05, 0) is 55.2 Å². The molecule has 3 aromatic carbocycles. The number of aliphatic imine (C=N–C) groups is 2. The van der Waals surface area contributed by atoms with Gasteiger partial charge in [-0.25, -0.2) is 24.1 Å². The number of alkyl carbamates (subject to hydrolysis) is 2. The van der Waals surface area contributed by atoms with Gasteiger partial charge < -0.3 is 68.8 Å². The normalized spacial score (nSPS) is 11.7. The van der Waals surface area contributed by atoms with Crippen molar-refractivity contribution < 1.29 is 52.9 Å². The zero-order valence-electron chi connectivity index (χ0n) is 39.2. The van der Waals surface area contributed by atoms with Crippen LogP contribution in [0.1, 0.15) is 55.2 Å². The second-order valence-corrected chi connectivity index (χ2v) is 15.6. The lowest BCUT2D eigenvalue weighted by atomic mass is 10.1. The number of carbonyl (C=O) groups excluding carboxylic acids is 6. The molecule has 0 unspecified atom stereocenters. The fourth-order valence-electron chi connectivity index (χ4n) is 6.39. The minimum absolute atomic E-state index is 0.0759. The highest BCUT2D eigenvalue weighted by molar-refractivity contribution is 5.99. The first-order chi connectivity index (χ1) is 34.0. The highest BCUT2D eigenvalue weighted by atomic mass is 16.6. The van der Waals surface area contributed by atoms with E-state index in [1.807, 2.05) is 0 Å². The topological polar surface area (TPSA) is 401 Å². The van der Waals surface area contributed by atoms with Crippen LogP contribution in [0.5, 0.6) is 0 Å². The van der Waals surface area contributed by atoms with Gasteiger partial charge in [-0.3, -0.25) is 35.1 Å². The lowest BCUT2D eigenvalue weighted by molar-refractivity contribution is -0.143. The van der Waals surface area contributed by atoms with Gasteiger partial charge >= 0.3 is 24.2 Å². The van der Waals surface area contributed by atoms with Gasteiger partial charge in [0, 0.05) is 32.7 Å². The van der Waals surface area contributed by atoms with Gasteiger partial charge in [0.25, 0.3) is 0 Å². The number of benzene rings is 3. The number of amides is 6. The summed E-state index contributed by atoms with van der Waals surface area (Å²) >= 11 is 0. The molecule has 0 radical (unpaired) electrons. The van der Waals surface area contributed by atoms with Crippen LogP contribution in [-0.2, 0) is 53.2 Å². The monoisotopic (exact) mass is 988 g/mol. The summed E-state index contributed by atoms with van der Waals surface area (Å²) in [6, 6.07) is 22.1. The molecule has 0 spiro atoms. The van der Waals surface area contributed by atoms with E-state index in [1.54, 1.807) is 91.0 Å². The minimum atomic E-state index is -1.51. The highest BCUT2D eigenvalue weighted by Gasteiger charge is 2.31. The maximum Gasteiger partial charge on any atom is 0.416 e. The Labute approximate surface area is 410 Å². The molecule has 0 heterocycles. The molecule has 25 nitrogen and oxygen atoms in total. The zero-order chi connectivity index (χ0) is 52.0. The number of rotatable bonds is 28. The van der Waals surface area contributed by atoms with E-state index in [0.717, 1.165) is 9.80 Å². The Balaban J connectivity index is 1.88. The molecule has 71 heavy (non-hydrogen) atoms. The van der Waals surface area contributed by atoms with E-state index < -0.39 is 72.6 Å². The summed E-state index contributed by atoms with van der Waals surface area (Å²) in [5.41, 5.74) is 29.4. The summed E-state index contributed by atoms with van der Waals surface area (Å²) in [5, 5.41) is 28.3. The number of nitrogens with one attached hydrogen (secondary N) is 5. The van der Waals surface area contributed by atoms with Crippen LogP contribution in [-0.4, -0.2) is 132 Å². The van der Waals surface area contributed by atoms with Crippen molar-refractivity contribution in [2.24, 2.45) is 38.7 Å². The Hall–Kier alpha value is -8.48. The number of guanidine groups is 3. The number of hydrogen-bond donors (Lipinski definition) is 11. The molecule has 0 aliphatic carbocycles. The Morgan fingerprint density at radius 3 is 1.65 bits per heavy atom. The molecule has 0 aromatic heterocycles. The predicted molar refractivity (Wildman–Crippen MR) is 261 cm³/mol.